The van der Waals surface area contributed by atoms with E-state index in [2.05, 4.69) is 36.2 Å². The summed E-state index contributed by atoms with van der Waals surface area (Å²) in [6.45, 7) is 2.76. The summed E-state index contributed by atoms with van der Waals surface area (Å²) < 4.78 is 5.58. The van der Waals surface area contributed by atoms with Crippen LogP contribution in [-0.2, 0) is 10.3 Å². The van der Waals surface area contributed by atoms with Crippen molar-refractivity contribution >= 4 is 5.90 Å². The summed E-state index contributed by atoms with van der Waals surface area (Å²) >= 11 is 0. The molecule has 1 unspecified atom stereocenters. The van der Waals surface area contributed by atoms with Gasteiger partial charge in [0.25, 0.3) is 0 Å². The van der Waals surface area contributed by atoms with Gasteiger partial charge in [0.15, 0.2) is 0 Å². The standard InChI is InChI=1S/C16H22N2O/c1-12-11-19-15(18-12)13-5-7-14(8-6-13)16(17)9-3-2-4-10-16/h5-8,12H,2-4,9-11,17H2,1H3. The lowest BCUT2D eigenvalue weighted by molar-refractivity contribution is 0.302. The fourth-order valence-electron chi connectivity index (χ4n) is 3.05. The van der Waals surface area contributed by atoms with Gasteiger partial charge in [0.1, 0.15) is 6.61 Å². The number of hydrogen-bond donors (Lipinski definition) is 1. The molecule has 1 heterocycles. The van der Waals surface area contributed by atoms with Gasteiger partial charge in [-0.1, -0.05) is 31.4 Å². The highest BCUT2D eigenvalue weighted by atomic mass is 16.5. The molecule has 1 fully saturated rings. The Hall–Kier alpha value is -1.35. The SMILES string of the molecule is CC1COC(c2ccc(C3(N)CCCCC3)cc2)=N1. The topological polar surface area (TPSA) is 47.6 Å². The minimum Gasteiger partial charge on any atom is -0.475 e. The third-order valence-electron chi connectivity index (χ3n) is 4.25. The van der Waals surface area contributed by atoms with E-state index in [1.807, 2.05) is 0 Å². The van der Waals surface area contributed by atoms with Crippen LogP contribution >= 0.6 is 0 Å². The van der Waals surface area contributed by atoms with Crippen LogP contribution in [0.25, 0.3) is 0 Å². The monoisotopic (exact) mass is 258 g/mol. The Morgan fingerprint density at radius 2 is 1.84 bits per heavy atom. The first-order chi connectivity index (χ1) is 9.17. The summed E-state index contributed by atoms with van der Waals surface area (Å²) in [6, 6.07) is 8.75. The molecule has 0 bridgehead atoms. The van der Waals surface area contributed by atoms with Gasteiger partial charge in [0.05, 0.1) is 6.04 Å². The van der Waals surface area contributed by atoms with Crippen LogP contribution in [0.5, 0.6) is 0 Å². The first-order valence-corrected chi connectivity index (χ1v) is 7.28. The molecule has 1 aromatic carbocycles. The van der Waals surface area contributed by atoms with Gasteiger partial charge in [-0.25, -0.2) is 4.99 Å². The van der Waals surface area contributed by atoms with Crippen molar-refractivity contribution in [1.29, 1.82) is 0 Å². The van der Waals surface area contributed by atoms with Crippen LogP contribution in [-0.4, -0.2) is 18.5 Å². The van der Waals surface area contributed by atoms with E-state index >= 15 is 0 Å². The molecule has 1 aliphatic carbocycles. The van der Waals surface area contributed by atoms with E-state index in [1.54, 1.807) is 0 Å². The van der Waals surface area contributed by atoms with Crippen molar-refractivity contribution in [3.63, 3.8) is 0 Å². The molecule has 2 N–H and O–H groups in total. The fraction of sp³-hybridized carbons (Fsp3) is 0.562. The van der Waals surface area contributed by atoms with Gasteiger partial charge in [0.2, 0.25) is 5.90 Å². The second-order valence-corrected chi connectivity index (χ2v) is 5.89. The zero-order valence-electron chi connectivity index (χ0n) is 11.6. The molecule has 1 atom stereocenters. The van der Waals surface area contributed by atoms with E-state index in [4.69, 9.17) is 10.5 Å². The first-order valence-electron chi connectivity index (χ1n) is 7.28. The van der Waals surface area contributed by atoms with Crippen LogP contribution in [0.2, 0.25) is 0 Å². The number of hydrogen-bond acceptors (Lipinski definition) is 3. The van der Waals surface area contributed by atoms with Gasteiger partial charge < -0.3 is 10.5 Å². The van der Waals surface area contributed by atoms with Crippen molar-refractivity contribution < 1.29 is 4.74 Å². The number of ether oxygens (including phenoxy) is 1. The molecule has 1 aliphatic heterocycles. The largest absolute Gasteiger partial charge is 0.475 e. The van der Waals surface area contributed by atoms with E-state index in [0.717, 1.165) is 24.3 Å². The van der Waals surface area contributed by atoms with Gasteiger partial charge in [-0.3, -0.25) is 0 Å². The van der Waals surface area contributed by atoms with Gasteiger partial charge in [0, 0.05) is 11.1 Å². The quantitative estimate of drug-likeness (QED) is 0.886. The molecule has 2 aliphatic rings. The normalized spacial score (nSPS) is 25.8. The molecule has 1 aromatic rings. The van der Waals surface area contributed by atoms with Crippen LogP contribution in [0.1, 0.15) is 50.2 Å². The van der Waals surface area contributed by atoms with Crippen molar-refractivity contribution in [2.45, 2.75) is 50.6 Å². The van der Waals surface area contributed by atoms with Gasteiger partial charge in [-0.2, -0.15) is 0 Å². The van der Waals surface area contributed by atoms with Crippen molar-refractivity contribution in [3.8, 4) is 0 Å². The van der Waals surface area contributed by atoms with E-state index < -0.39 is 0 Å². The first kappa shape index (κ1) is 12.7. The summed E-state index contributed by atoms with van der Waals surface area (Å²) in [7, 11) is 0. The summed E-state index contributed by atoms with van der Waals surface area (Å²) in [5.74, 6) is 0.772. The van der Waals surface area contributed by atoms with Crippen LogP contribution in [0, 0.1) is 0 Å². The summed E-state index contributed by atoms with van der Waals surface area (Å²) in [5, 5.41) is 0. The minimum absolute atomic E-state index is 0.123. The predicted molar refractivity (Wildman–Crippen MR) is 77.3 cm³/mol. The van der Waals surface area contributed by atoms with Crippen molar-refractivity contribution in [2.75, 3.05) is 6.61 Å². The molecular formula is C16H22N2O. The van der Waals surface area contributed by atoms with Gasteiger partial charge >= 0.3 is 0 Å². The molecule has 3 rings (SSSR count). The third-order valence-corrected chi connectivity index (χ3v) is 4.25. The third kappa shape index (κ3) is 2.52. The van der Waals surface area contributed by atoms with E-state index in [1.165, 1.54) is 24.8 Å². The molecule has 102 valence electrons. The van der Waals surface area contributed by atoms with Crippen LogP contribution in [0.3, 0.4) is 0 Å². The zero-order chi connectivity index (χ0) is 13.3. The molecule has 0 aromatic heterocycles. The lowest BCUT2D eigenvalue weighted by Gasteiger charge is -2.34. The highest BCUT2D eigenvalue weighted by molar-refractivity contribution is 5.95. The minimum atomic E-state index is -0.123. The number of benzene rings is 1. The van der Waals surface area contributed by atoms with Crippen LogP contribution in [0.4, 0.5) is 0 Å². The van der Waals surface area contributed by atoms with E-state index in [-0.39, 0.29) is 11.6 Å². The second-order valence-electron chi connectivity index (χ2n) is 5.89. The molecule has 0 saturated heterocycles. The Bertz CT molecular complexity index is 472. The van der Waals surface area contributed by atoms with Crippen molar-refractivity contribution in [3.05, 3.63) is 35.4 Å². The Kier molecular flexibility index (Phi) is 3.31. The number of nitrogens with two attached hydrogens (primary N) is 1. The summed E-state index contributed by atoms with van der Waals surface area (Å²) in [4.78, 5) is 4.48. The second kappa shape index (κ2) is 4.97. The molecule has 3 heteroatoms. The average molecular weight is 258 g/mol. The molecular weight excluding hydrogens is 236 g/mol. The highest BCUT2D eigenvalue weighted by Crippen LogP contribution is 2.34. The molecule has 3 nitrogen and oxygen atoms in total. The Labute approximate surface area is 114 Å². The van der Waals surface area contributed by atoms with Crippen LogP contribution in [0.15, 0.2) is 29.3 Å². The maximum atomic E-state index is 6.54. The number of rotatable bonds is 2. The Morgan fingerprint density at radius 3 is 2.42 bits per heavy atom. The molecule has 0 radical (unpaired) electrons. The maximum absolute atomic E-state index is 6.54. The number of nitrogens with zero attached hydrogens (tertiary/aromatic N) is 1. The average Bonchev–Trinajstić information content (AvgIpc) is 2.87. The van der Waals surface area contributed by atoms with E-state index in [0.29, 0.717) is 6.61 Å². The van der Waals surface area contributed by atoms with Gasteiger partial charge in [-0.15, -0.1) is 0 Å². The maximum Gasteiger partial charge on any atom is 0.216 e. The van der Waals surface area contributed by atoms with Crippen molar-refractivity contribution in [1.82, 2.24) is 0 Å². The number of aliphatic imine (C=N–C) groups is 1. The van der Waals surface area contributed by atoms with Crippen LogP contribution < -0.4 is 5.73 Å². The zero-order valence-corrected chi connectivity index (χ0v) is 11.6. The Balaban J connectivity index is 1.81. The molecule has 19 heavy (non-hydrogen) atoms. The predicted octanol–water partition coefficient (Wildman–Crippen LogP) is 2.97. The Morgan fingerprint density at radius 1 is 1.16 bits per heavy atom. The lowest BCUT2D eigenvalue weighted by atomic mass is 9.77. The lowest BCUT2D eigenvalue weighted by Crippen LogP contribution is -2.38. The smallest absolute Gasteiger partial charge is 0.216 e. The molecule has 1 saturated carbocycles. The molecule has 0 spiro atoms. The molecule has 0 amide bonds. The summed E-state index contributed by atoms with van der Waals surface area (Å²) in [5.41, 5.74) is 8.74. The summed E-state index contributed by atoms with van der Waals surface area (Å²) in [6.07, 6.45) is 6.00. The highest BCUT2D eigenvalue weighted by Gasteiger charge is 2.29. The fourth-order valence-corrected chi connectivity index (χ4v) is 3.05. The van der Waals surface area contributed by atoms with Gasteiger partial charge in [-0.05, 0) is 37.5 Å². The van der Waals surface area contributed by atoms with Crippen molar-refractivity contribution in [2.24, 2.45) is 10.7 Å². The van der Waals surface area contributed by atoms with E-state index in [9.17, 15) is 0 Å².